The minimum Gasteiger partial charge on any atom is -0.361 e. The Morgan fingerprint density at radius 3 is 2.59 bits per heavy atom. The van der Waals surface area contributed by atoms with Gasteiger partial charge in [0.15, 0.2) is 0 Å². The normalized spacial score (nSPS) is 10.6. The first-order chi connectivity index (χ1) is 10.6. The van der Waals surface area contributed by atoms with E-state index in [9.17, 15) is 9.59 Å². The lowest BCUT2D eigenvalue weighted by molar-refractivity contribution is 0.0846. The lowest BCUT2D eigenvalue weighted by Gasteiger charge is -2.06. The molecule has 0 bridgehead atoms. The van der Waals surface area contributed by atoms with Gasteiger partial charge in [-0.25, -0.2) is 0 Å². The van der Waals surface area contributed by atoms with Crippen LogP contribution in [0.25, 0.3) is 10.9 Å². The van der Waals surface area contributed by atoms with Gasteiger partial charge in [-0.15, -0.1) is 0 Å². The van der Waals surface area contributed by atoms with Gasteiger partial charge < -0.3 is 9.51 Å². The van der Waals surface area contributed by atoms with Crippen LogP contribution in [0.15, 0.2) is 35.0 Å². The zero-order valence-electron chi connectivity index (χ0n) is 12.1. The second kappa shape index (κ2) is 5.36. The van der Waals surface area contributed by atoms with Gasteiger partial charge in [-0.3, -0.25) is 20.4 Å². The van der Waals surface area contributed by atoms with Gasteiger partial charge in [-0.1, -0.05) is 23.4 Å². The number of rotatable bonds is 2. The average Bonchev–Trinajstić information content (AvgIpc) is 3.08. The van der Waals surface area contributed by atoms with Crippen LogP contribution in [-0.4, -0.2) is 22.0 Å². The summed E-state index contributed by atoms with van der Waals surface area (Å²) in [5.74, 6) is -0.474. The van der Waals surface area contributed by atoms with Gasteiger partial charge in [0.05, 0.1) is 11.3 Å². The minimum atomic E-state index is -0.468. The lowest BCUT2D eigenvalue weighted by Crippen LogP contribution is -2.41. The Kier molecular flexibility index (Phi) is 3.38. The van der Waals surface area contributed by atoms with E-state index in [1.54, 1.807) is 20.0 Å². The van der Waals surface area contributed by atoms with Crippen molar-refractivity contribution in [3.8, 4) is 0 Å². The number of amides is 2. The van der Waals surface area contributed by atoms with Crippen molar-refractivity contribution in [2.24, 2.45) is 0 Å². The molecule has 7 nitrogen and oxygen atoms in total. The van der Waals surface area contributed by atoms with E-state index < -0.39 is 11.8 Å². The van der Waals surface area contributed by atoms with Gasteiger partial charge in [-0.05, 0) is 19.9 Å². The van der Waals surface area contributed by atoms with Crippen molar-refractivity contribution >= 4 is 22.7 Å². The number of carbonyl (C=O) groups is 2. The number of hydrogen-bond donors (Lipinski definition) is 3. The number of aromatic nitrogens is 2. The summed E-state index contributed by atoms with van der Waals surface area (Å²) in [6.07, 6.45) is 1.60. The van der Waals surface area contributed by atoms with Crippen molar-refractivity contribution in [3.05, 3.63) is 53.0 Å². The SMILES string of the molecule is Cc1noc(C)c1C(=O)NNC(=O)c1c[nH]c2ccccc12. The van der Waals surface area contributed by atoms with Gasteiger partial charge in [0.25, 0.3) is 11.8 Å². The van der Waals surface area contributed by atoms with Crippen LogP contribution >= 0.6 is 0 Å². The molecule has 0 unspecified atom stereocenters. The Balaban J connectivity index is 1.74. The molecule has 0 saturated carbocycles. The minimum absolute atomic E-state index is 0.319. The van der Waals surface area contributed by atoms with Crippen LogP contribution in [0.4, 0.5) is 0 Å². The summed E-state index contributed by atoms with van der Waals surface area (Å²) in [5.41, 5.74) is 6.85. The maximum atomic E-state index is 12.2. The molecule has 1 aromatic carbocycles. The summed E-state index contributed by atoms with van der Waals surface area (Å²) in [4.78, 5) is 27.2. The van der Waals surface area contributed by atoms with E-state index >= 15 is 0 Å². The van der Waals surface area contributed by atoms with Crippen LogP contribution in [-0.2, 0) is 0 Å². The summed E-state index contributed by atoms with van der Waals surface area (Å²) in [7, 11) is 0. The Labute approximate surface area is 125 Å². The Bertz CT molecular complexity index is 843. The van der Waals surface area contributed by atoms with E-state index in [-0.39, 0.29) is 0 Å². The summed E-state index contributed by atoms with van der Waals surface area (Å²) < 4.78 is 4.92. The first-order valence-corrected chi connectivity index (χ1v) is 6.67. The van der Waals surface area contributed by atoms with Gasteiger partial charge in [0, 0.05) is 17.1 Å². The van der Waals surface area contributed by atoms with Gasteiger partial charge in [0.2, 0.25) is 0 Å². The van der Waals surface area contributed by atoms with Crippen molar-refractivity contribution in [1.82, 2.24) is 21.0 Å². The summed E-state index contributed by atoms with van der Waals surface area (Å²) in [5, 5.41) is 4.49. The van der Waals surface area contributed by atoms with Gasteiger partial charge in [0.1, 0.15) is 11.3 Å². The molecule has 2 aromatic heterocycles. The second-order valence-corrected chi connectivity index (χ2v) is 4.86. The number of fused-ring (bicyclic) bond motifs is 1. The van der Waals surface area contributed by atoms with Gasteiger partial charge in [-0.2, -0.15) is 0 Å². The number of carbonyl (C=O) groups excluding carboxylic acids is 2. The monoisotopic (exact) mass is 298 g/mol. The second-order valence-electron chi connectivity index (χ2n) is 4.86. The molecule has 112 valence electrons. The van der Waals surface area contributed by atoms with E-state index in [0.29, 0.717) is 22.6 Å². The molecule has 0 atom stereocenters. The molecular formula is C15H14N4O3. The molecule has 7 heteroatoms. The molecular weight excluding hydrogens is 284 g/mol. The topological polar surface area (TPSA) is 100 Å². The van der Waals surface area contributed by atoms with Crippen LogP contribution in [0.3, 0.4) is 0 Å². The number of aromatic amines is 1. The Morgan fingerprint density at radius 2 is 1.86 bits per heavy atom. The van der Waals surface area contributed by atoms with Gasteiger partial charge >= 0.3 is 0 Å². The number of aryl methyl sites for hydroxylation is 2. The molecule has 2 heterocycles. The fourth-order valence-corrected chi connectivity index (χ4v) is 2.31. The molecule has 3 aromatic rings. The predicted octanol–water partition coefficient (Wildman–Crippen LogP) is 1.85. The van der Waals surface area contributed by atoms with Crippen molar-refractivity contribution < 1.29 is 14.1 Å². The summed E-state index contributed by atoms with van der Waals surface area (Å²) in [6, 6.07) is 7.42. The first-order valence-electron chi connectivity index (χ1n) is 6.67. The average molecular weight is 298 g/mol. The first kappa shape index (κ1) is 13.9. The number of hydrazine groups is 1. The van der Waals surface area contributed by atoms with E-state index in [1.165, 1.54) is 0 Å². The van der Waals surface area contributed by atoms with E-state index in [1.807, 2.05) is 24.3 Å². The fourth-order valence-electron chi connectivity index (χ4n) is 2.31. The zero-order valence-corrected chi connectivity index (χ0v) is 12.1. The quantitative estimate of drug-likeness (QED) is 0.628. The number of benzene rings is 1. The largest absolute Gasteiger partial charge is 0.361 e. The Hall–Kier alpha value is -3.09. The van der Waals surface area contributed by atoms with Crippen LogP contribution in [0, 0.1) is 13.8 Å². The van der Waals surface area contributed by atoms with Crippen LogP contribution in [0.5, 0.6) is 0 Å². The Morgan fingerprint density at radius 1 is 1.14 bits per heavy atom. The number of para-hydroxylation sites is 1. The van der Waals surface area contributed by atoms with Crippen molar-refractivity contribution in [2.75, 3.05) is 0 Å². The summed E-state index contributed by atoms with van der Waals surface area (Å²) in [6.45, 7) is 3.29. The molecule has 0 aliphatic carbocycles. The third-order valence-corrected chi connectivity index (χ3v) is 3.38. The molecule has 0 saturated heterocycles. The molecule has 0 aliphatic rings. The lowest BCUT2D eigenvalue weighted by atomic mass is 10.2. The van der Waals surface area contributed by atoms with E-state index in [0.717, 1.165) is 10.9 Å². The molecule has 0 fully saturated rings. The molecule has 2 amide bonds. The highest BCUT2D eigenvalue weighted by Gasteiger charge is 2.18. The van der Waals surface area contributed by atoms with Crippen molar-refractivity contribution in [3.63, 3.8) is 0 Å². The number of nitrogens with one attached hydrogen (secondary N) is 3. The van der Waals surface area contributed by atoms with Crippen molar-refractivity contribution in [1.29, 1.82) is 0 Å². The fraction of sp³-hybridized carbons (Fsp3) is 0.133. The van der Waals surface area contributed by atoms with E-state index in [4.69, 9.17) is 4.52 Å². The maximum absolute atomic E-state index is 12.2. The number of H-pyrrole nitrogens is 1. The molecule has 0 radical (unpaired) electrons. The van der Waals surface area contributed by atoms with Crippen LogP contribution < -0.4 is 10.9 Å². The van der Waals surface area contributed by atoms with Crippen LogP contribution in [0.2, 0.25) is 0 Å². The summed E-state index contributed by atoms with van der Waals surface area (Å²) >= 11 is 0. The highest BCUT2D eigenvalue weighted by molar-refractivity contribution is 6.07. The third-order valence-electron chi connectivity index (χ3n) is 3.38. The smallest absolute Gasteiger partial charge is 0.275 e. The number of hydrogen-bond acceptors (Lipinski definition) is 4. The zero-order chi connectivity index (χ0) is 15.7. The third kappa shape index (κ3) is 2.32. The van der Waals surface area contributed by atoms with E-state index in [2.05, 4.69) is 21.0 Å². The highest BCUT2D eigenvalue weighted by Crippen LogP contribution is 2.17. The van der Waals surface area contributed by atoms with Crippen LogP contribution in [0.1, 0.15) is 32.2 Å². The maximum Gasteiger partial charge on any atom is 0.275 e. The molecule has 0 spiro atoms. The molecule has 22 heavy (non-hydrogen) atoms. The standard InChI is InChI=1S/C15H14N4O3/c1-8-13(9(2)22-19-8)15(21)18-17-14(20)11-7-16-12-6-4-3-5-10(11)12/h3-7,16H,1-2H3,(H,17,20)(H,18,21). The molecule has 0 aliphatic heterocycles. The molecule has 3 N–H and O–H groups in total. The highest BCUT2D eigenvalue weighted by atomic mass is 16.5. The molecule has 3 rings (SSSR count). The predicted molar refractivity (Wildman–Crippen MR) is 79.2 cm³/mol. The number of nitrogens with zero attached hydrogens (tertiary/aromatic N) is 1. The van der Waals surface area contributed by atoms with Crippen molar-refractivity contribution in [2.45, 2.75) is 13.8 Å².